The molecule has 4 nitrogen and oxygen atoms in total. The number of amides is 1. The number of halogens is 2. The molecule has 126 valence electrons. The third-order valence-corrected chi connectivity index (χ3v) is 4.53. The summed E-state index contributed by atoms with van der Waals surface area (Å²) < 4.78 is 5.81. The highest BCUT2D eigenvalue weighted by Crippen LogP contribution is 2.24. The Morgan fingerprint density at radius 1 is 1.21 bits per heavy atom. The first kappa shape index (κ1) is 17.1. The van der Waals surface area contributed by atoms with Gasteiger partial charge < -0.3 is 15.4 Å². The van der Waals surface area contributed by atoms with E-state index < -0.39 is 0 Å². The molecule has 2 aromatic rings. The number of benzene rings is 2. The fourth-order valence-electron chi connectivity index (χ4n) is 2.40. The zero-order valence-corrected chi connectivity index (χ0v) is 14.5. The lowest BCUT2D eigenvalue weighted by molar-refractivity contribution is 0.0937. The molecule has 2 N–H and O–H groups in total. The summed E-state index contributed by atoms with van der Waals surface area (Å²) >= 11 is 12.1. The summed E-state index contributed by atoms with van der Waals surface area (Å²) in [6, 6.07) is 12.4. The lowest BCUT2D eigenvalue weighted by atomic mass is 10.0. The molecule has 0 aliphatic carbocycles. The highest BCUT2D eigenvalue weighted by Gasteiger charge is 2.19. The highest BCUT2D eigenvalue weighted by atomic mass is 35.5. The van der Waals surface area contributed by atoms with Crippen LogP contribution < -0.4 is 15.4 Å². The highest BCUT2D eigenvalue weighted by molar-refractivity contribution is 6.35. The van der Waals surface area contributed by atoms with Gasteiger partial charge in [0.2, 0.25) is 0 Å². The molecule has 3 rings (SSSR count). The van der Waals surface area contributed by atoms with Crippen molar-refractivity contribution in [1.82, 2.24) is 10.6 Å². The molecule has 0 spiro atoms. The first-order chi connectivity index (χ1) is 11.6. The molecule has 1 heterocycles. The van der Waals surface area contributed by atoms with Gasteiger partial charge in [-0.05, 0) is 24.3 Å². The number of rotatable bonds is 6. The fraction of sp³-hybridized carbons (Fsp3) is 0.278. The lowest BCUT2D eigenvalue weighted by Gasteiger charge is -2.27. The minimum Gasteiger partial charge on any atom is -0.488 e. The summed E-state index contributed by atoms with van der Waals surface area (Å²) in [5.41, 5.74) is 1.34. The average molecular weight is 365 g/mol. The number of hydrogen-bond donors (Lipinski definition) is 2. The summed E-state index contributed by atoms with van der Waals surface area (Å²) in [6.45, 7) is 2.84. The summed E-state index contributed by atoms with van der Waals surface area (Å²) in [5, 5.41) is 7.26. The van der Waals surface area contributed by atoms with Gasteiger partial charge in [0.25, 0.3) is 5.91 Å². The standard InChI is InChI=1S/C18H18Cl2N2O2/c19-14-6-5-13(16(20)7-14)11-24-17-4-2-1-3-15(17)18(23)22-10-12-8-21-9-12/h1-7,12,21H,8-11H2,(H,22,23). The maximum Gasteiger partial charge on any atom is 0.255 e. The molecule has 0 unspecified atom stereocenters. The van der Waals surface area contributed by atoms with Crippen LogP contribution in [0.25, 0.3) is 0 Å². The quantitative estimate of drug-likeness (QED) is 0.824. The minimum atomic E-state index is -0.125. The smallest absolute Gasteiger partial charge is 0.255 e. The first-order valence-corrected chi connectivity index (χ1v) is 8.54. The zero-order valence-electron chi connectivity index (χ0n) is 13.0. The summed E-state index contributed by atoms with van der Waals surface area (Å²) in [7, 11) is 0. The van der Waals surface area contributed by atoms with Crippen LogP contribution in [0.4, 0.5) is 0 Å². The Balaban J connectivity index is 1.65. The number of carbonyl (C=O) groups excluding carboxylic acids is 1. The maximum atomic E-state index is 12.4. The topological polar surface area (TPSA) is 50.4 Å². The Labute approximate surface area is 151 Å². The van der Waals surface area contributed by atoms with Gasteiger partial charge >= 0.3 is 0 Å². The van der Waals surface area contributed by atoms with Gasteiger partial charge in [-0.3, -0.25) is 4.79 Å². The third kappa shape index (κ3) is 4.20. The average Bonchev–Trinajstić information content (AvgIpc) is 2.53. The van der Waals surface area contributed by atoms with E-state index in [-0.39, 0.29) is 12.5 Å². The van der Waals surface area contributed by atoms with Crippen molar-refractivity contribution in [3.63, 3.8) is 0 Å². The molecule has 0 bridgehead atoms. The number of carbonyl (C=O) groups is 1. The lowest BCUT2D eigenvalue weighted by Crippen LogP contribution is -2.48. The van der Waals surface area contributed by atoms with Crippen molar-refractivity contribution in [1.29, 1.82) is 0 Å². The number of para-hydroxylation sites is 1. The molecular weight excluding hydrogens is 347 g/mol. The van der Waals surface area contributed by atoms with Crippen LogP contribution in [0.2, 0.25) is 10.0 Å². The number of ether oxygens (including phenoxy) is 1. The van der Waals surface area contributed by atoms with Crippen molar-refractivity contribution in [2.24, 2.45) is 5.92 Å². The van der Waals surface area contributed by atoms with E-state index in [2.05, 4.69) is 10.6 Å². The van der Waals surface area contributed by atoms with Gasteiger partial charge in [-0.1, -0.05) is 41.4 Å². The molecule has 1 amide bonds. The Bertz CT molecular complexity index is 733. The Hall–Kier alpha value is -1.75. The molecule has 24 heavy (non-hydrogen) atoms. The van der Waals surface area contributed by atoms with Crippen molar-refractivity contribution in [2.45, 2.75) is 6.61 Å². The van der Waals surface area contributed by atoms with Crippen LogP contribution in [-0.4, -0.2) is 25.5 Å². The second-order valence-electron chi connectivity index (χ2n) is 5.75. The monoisotopic (exact) mass is 364 g/mol. The van der Waals surface area contributed by atoms with Gasteiger partial charge in [-0.15, -0.1) is 0 Å². The predicted octanol–water partition coefficient (Wildman–Crippen LogP) is 3.52. The van der Waals surface area contributed by atoms with E-state index >= 15 is 0 Å². The van der Waals surface area contributed by atoms with E-state index in [1.54, 1.807) is 24.3 Å². The molecule has 1 aliphatic rings. The van der Waals surface area contributed by atoms with Crippen molar-refractivity contribution in [3.8, 4) is 5.75 Å². The van der Waals surface area contributed by atoms with Gasteiger partial charge in [-0.2, -0.15) is 0 Å². The van der Waals surface area contributed by atoms with Crippen molar-refractivity contribution in [2.75, 3.05) is 19.6 Å². The molecule has 0 saturated carbocycles. The van der Waals surface area contributed by atoms with Crippen molar-refractivity contribution in [3.05, 3.63) is 63.6 Å². The molecule has 1 fully saturated rings. The van der Waals surface area contributed by atoms with Crippen LogP contribution in [-0.2, 0) is 6.61 Å². The van der Waals surface area contributed by atoms with Crippen molar-refractivity contribution >= 4 is 29.1 Å². The number of hydrogen-bond acceptors (Lipinski definition) is 3. The molecule has 0 radical (unpaired) electrons. The van der Waals surface area contributed by atoms with E-state index in [1.165, 1.54) is 0 Å². The van der Waals surface area contributed by atoms with Gasteiger partial charge in [0.15, 0.2) is 0 Å². The van der Waals surface area contributed by atoms with E-state index in [9.17, 15) is 4.79 Å². The molecule has 6 heteroatoms. The summed E-state index contributed by atoms with van der Waals surface area (Å²) in [5.74, 6) is 0.919. The third-order valence-electron chi connectivity index (χ3n) is 3.95. The van der Waals surface area contributed by atoms with Crippen LogP contribution in [0, 0.1) is 5.92 Å². The first-order valence-electron chi connectivity index (χ1n) is 7.78. The van der Waals surface area contributed by atoms with Gasteiger partial charge in [0, 0.05) is 41.2 Å². The molecular formula is C18H18Cl2N2O2. The minimum absolute atomic E-state index is 0.125. The van der Waals surface area contributed by atoms with E-state index in [1.807, 2.05) is 18.2 Å². The van der Waals surface area contributed by atoms with Crippen LogP contribution in [0.15, 0.2) is 42.5 Å². The maximum absolute atomic E-state index is 12.4. The van der Waals surface area contributed by atoms with E-state index in [0.29, 0.717) is 33.8 Å². The van der Waals surface area contributed by atoms with Crippen molar-refractivity contribution < 1.29 is 9.53 Å². The summed E-state index contributed by atoms with van der Waals surface area (Å²) in [4.78, 5) is 12.4. The van der Waals surface area contributed by atoms with Gasteiger partial charge in [0.05, 0.1) is 5.56 Å². The van der Waals surface area contributed by atoms with Crippen LogP contribution in [0.1, 0.15) is 15.9 Å². The second-order valence-corrected chi connectivity index (χ2v) is 6.60. The molecule has 0 atom stereocenters. The molecule has 1 saturated heterocycles. The van der Waals surface area contributed by atoms with E-state index in [0.717, 1.165) is 18.7 Å². The SMILES string of the molecule is O=C(NCC1CNC1)c1ccccc1OCc1ccc(Cl)cc1Cl. The van der Waals surface area contributed by atoms with Crippen LogP contribution in [0.5, 0.6) is 5.75 Å². The second kappa shape index (κ2) is 7.88. The molecule has 0 aromatic heterocycles. The van der Waals surface area contributed by atoms with Crippen LogP contribution in [0.3, 0.4) is 0 Å². The Morgan fingerprint density at radius 2 is 2.00 bits per heavy atom. The van der Waals surface area contributed by atoms with Gasteiger partial charge in [-0.25, -0.2) is 0 Å². The predicted molar refractivity (Wildman–Crippen MR) is 95.9 cm³/mol. The fourth-order valence-corrected chi connectivity index (χ4v) is 2.86. The normalized spacial score (nSPS) is 14.1. The van der Waals surface area contributed by atoms with Crippen LogP contribution >= 0.6 is 23.2 Å². The molecule has 1 aliphatic heterocycles. The number of nitrogens with one attached hydrogen (secondary N) is 2. The Kier molecular flexibility index (Phi) is 5.61. The summed E-state index contributed by atoms with van der Waals surface area (Å²) in [6.07, 6.45) is 0. The largest absolute Gasteiger partial charge is 0.488 e. The van der Waals surface area contributed by atoms with E-state index in [4.69, 9.17) is 27.9 Å². The van der Waals surface area contributed by atoms with Gasteiger partial charge in [0.1, 0.15) is 12.4 Å². The molecule has 2 aromatic carbocycles. The Morgan fingerprint density at radius 3 is 2.71 bits per heavy atom. The zero-order chi connectivity index (χ0) is 16.9.